The highest BCUT2D eigenvalue weighted by Gasteiger charge is 2.21. The van der Waals surface area contributed by atoms with Crippen LogP contribution in [0.4, 0.5) is 0 Å². The third-order valence-corrected chi connectivity index (χ3v) is 4.44. The lowest BCUT2D eigenvalue weighted by Crippen LogP contribution is -2.47. The summed E-state index contributed by atoms with van der Waals surface area (Å²) in [7, 11) is 1.62. The van der Waals surface area contributed by atoms with E-state index in [-0.39, 0.29) is 11.9 Å². The molecule has 126 valence electrons. The van der Waals surface area contributed by atoms with Gasteiger partial charge in [0.25, 0.3) is 5.91 Å². The third-order valence-electron chi connectivity index (χ3n) is 4.44. The van der Waals surface area contributed by atoms with Crippen LogP contribution in [0.15, 0.2) is 54.6 Å². The van der Waals surface area contributed by atoms with Gasteiger partial charge >= 0.3 is 0 Å². The third kappa shape index (κ3) is 4.36. The van der Waals surface area contributed by atoms with E-state index in [1.807, 2.05) is 18.2 Å². The Morgan fingerprint density at radius 1 is 1.17 bits per heavy atom. The van der Waals surface area contributed by atoms with Crippen molar-refractivity contribution in [1.82, 2.24) is 10.2 Å². The molecule has 2 aromatic carbocycles. The molecule has 1 atom stereocenters. The molecule has 1 unspecified atom stereocenters. The van der Waals surface area contributed by atoms with Crippen molar-refractivity contribution in [2.45, 2.75) is 25.4 Å². The standard InChI is InChI=1S/C20H24N2O2/c1-24-19-11-9-17(10-12-19)20(23)21-18-8-5-13-22(15-18)14-16-6-3-2-4-7-16/h2-4,6-7,9-12,18H,5,8,13-15H2,1H3,(H,21,23). The van der Waals surface area contributed by atoms with E-state index in [0.717, 1.165) is 38.2 Å². The highest BCUT2D eigenvalue weighted by molar-refractivity contribution is 5.94. The molecule has 0 bridgehead atoms. The molecule has 3 rings (SSSR count). The minimum Gasteiger partial charge on any atom is -0.497 e. The Morgan fingerprint density at radius 3 is 2.62 bits per heavy atom. The molecule has 1 heterocycles. The first-order valence-electron chi connectivity index (χ1n) is 8.46. The summed E-state index contributed by atoms with van der Waals surface area (Å²) < 4.78 is 5.13. The van der Waals surface area contributed by atoms with Crippen LogP contribution < -0.4 is 10.1 Å². The number of likely N-dealkylation sites (tertiary alicyclic amines) is 1. The fraction of sp³-hybridized carbons (Fsp3) is 0.350. The van der Waals surface area contributed by atoms with E-state index in [1.54, 1.807) is 19.2 Å². The molecule has 0 aromatic heterocycles. The molecule has 1 saturated heterocycles. The van der Waals surface area contributed by atoms with E-state index in [9.17, 15) is 4.79 Å². The Bertz CT molecular complexity index is 655. The fourth-order valence-electron chi connectivity index (χ4n) is 3.17. The summed E-state index contributed by atoms with van der Waals surface area (Å²) >= 11 is 0. The lowest BCUT2D eigenvalue weighted by molar-refractivity contribution is 0.0901. The summed E-state index contributed by atoms with van der Waals surface area (Å²) in [6, 6.07) is 17.9. The number of piperidine rings is 1. The minimum absolute atomic E-state index is 0.00999. The molecule has 1 aliphatic rings. The van der Waals surface area contributed by atoms with Gasteiger partial charge in [-0.05, 0) is 49.2 Å². The summed E-state index contributed by atoms with van der Waals surface area (Å²) in [5.41, 5.74) is 2.00. The van der Waals surface area contributed by atoms with E-state index in [1.165, 1.54) is 5.56 Å². The van der Waals surface area contributed by atoms with Gasteiger partial charge in [-0.3, -0.25) is 9.69 Å². The van der Waals surface area contributed by atoms with Gasteiger partial charge in [-0.1, -0.05) is 30.3 Å². The van der Waals surface area contributed by atoms with Crippen molar-refractivity contribution in [3.05, 3.63) is 65.7 Å². The van der Waals surface area contributed by atoms with Crippen molar-refractivity contribution < 1.29 is 9.53 Å². The van der Waals surface area contributed by atoms with Crippen LogP contribution in [0.3, 0.4) is 0 Å². The highest BCUT2D eigenvalue weighted by atomic mass is 16.5. The predicted octanol–water partition coefficient (Wildman–Crippen LogP) is 3.09. The fourth-order valence-corrected chi connectivity index (χ4v) is 3.17. The molecule has 0 saturated carbocycles. The average Bonchev–Trinajstić information content (AvgIpc) is 2.63. The van der Waals surface area contributed by atoms with Gasteiger partial charge in [0.1, 0.15) is 5.75 Å². The lowest BCUT2D eigenvalue weighted by Gasteiger charge is -2.33. The van der Waals surface area contributed by atoms with Crippen molar-refractivity contribution >= 4 is 5.91 Å². The number of hydrogen-bond donors (Lipinski definition) is 1. The van der Waals surface area contributed by atoms with Gasteiger partial charge in [0, 0.05) is 24.7 Å². The highest BCUT2D eigenvalue weighted by Crippen LogP contribution is 2.15. The normalized spacial score (nSPS) is 18.1. The van der Waals surface area contributed by atoms with Crippen LogP contribution in [-0.2, 0) is 6.54 Å². The number of ether oxygens (including phenoxy) is 1. The molecule has 0 spiro atoms. The van der Waals surface area contributed by atoms with Gasteiger partial charge in [0.05, 0.1) is 7.11 Å². The van der Waals surface area contributed by atoms with Crippen molar-refractivity contribution in [2.24, 2.45) is 0 Å². The SMILES string of the molecule is COc1ccc(C(=O)NC2CCCN(Cc3ccccc3)C2)cc1. The summed E-state index contributed by atoms with van der Waals surface area (Å²) in [5, 5.41) is 3.17. The molecule has 1 fully saturated rings. The molecule has 4 nitrogen and oxygen atoms in total. The molecule has 4 heteroatoms. The molecular weight excluding hydrogens is 300 g/mol. The van der Waals surface area contributed by atoms with E-state index < -0.39 is 0 Å². The summed E-state index contributed by atoms with van der Waals surface area (Å²) in [4.78, 5) is 14.8. The number of amides is 1. The van der Waals surface area contributed by atoms with Crippen LogP contribution in [0.5, 0.6) is 5.75 Å². The summed E-state index contributed by atoms with van der Waals surface area (Å²) in [5.74, 6) is 0.752. The molecule has 0 radical (unpaired) electrons. The zero-order valence-electron chi connectivity index (χ0n) is 14.1. The molecule has 1 aliphatic heterocycles. The van der Waals surface area contributed by atoms with Crippen LogP contribution in [0.25, 0.3) is 0 Å². The average molecular weight is 324 g/mol. The van der Waals surface area contributed by atoms with Crippen LogP contribution in [0.2, 0.25) is 0 Å². The topological polar surface area (TPSA) is 41.6 Å². The zero-order chi connectivity index (χ0) is 16.8. The van der Waals surface area contributed by atoms with Gasteiger partial charge in [-0.25, -0.2) is 0 Å². The number of methoxy groups -OCH3 is 1. The number of rotatable bonds is 5. The zero-order valence-corrected chi connectivity index (χ0v) is 14.1. The maximum absolute atomic E-state index is 12.4. The second-order valence-electron chi connectivity index (χ2n) is 6.26. The number of carbonyl (C=O) groups excluding carboxylic acids is 1. The van der Waals surface area contributed by atoms with E-state index in [4.69, 9.17) is 4.74 Å². The molecule has 2 aromatic rings. The first-order chi connectivity index (χ1) is 11.7. The number of hydrogen-bond acceptors (Lipinski definition) is 3. The summed E-state index contributed by atoms with van der Waals surface area (Å²) in [6.45, 7) is 2.93. The van der Waals surface area contributed by atoms with Crippen LogP contribution in [0.1, 0.15) is 28.8 Å². The van der Waals surface area contributed by atoms with E-state index in [2.05, 4.69) is 34.5 Å². The lowest BCUT2D eigenvalue weighted by atomic mass is 10.0. The van der Waals surface area contributed by atoms with Crippen LogP contribution >= 0.6 is 0 Å². The van der Waals surface area contributed by atoms with Gasteiger partial charge in [0.15, 0.2) is 0 Å². The monoisotopic (exact) mass is 324 g/mol. The minimum atomic E-state index is -0.00999. The maximum Gasteiger partial charge on any atom is 0.251 e. The Morgan fingerprint density at radius 2 is 1.92 bits per heavy atom. The molecule has 1 N–H and O–H groups in total. The van der Waals surface area contributed by atoms with E-state index >= 15 is 0 Å². The van der Waals surface area contributed by atoms with Gasteiger partial charge in [-0.2, -0.15) is 0 Å². The number of benzene rings is 2. The van der Waals surface area contributed by atoms with Gasteiger partial charge < -0.3 is 10.1 Å². The largest absolute Gasteiger partial charge is 0.497 e. The smallest absolute Gasteiger partial charge is 0.251 e. The quantitative estimate of drug-likeness (QED) is 0.919. The molecule has 24 heavy (non-hydrogen) atoms. The molecule has 1 amide bonds. The van der Waals surface area contributed by atoms with Crippen LogP contribution in [-0.4, -0.2) is 37.0 Å². The Balaban J connectivity index is 1.55. The van der Waals surface area contributed by atoms with Crippen LogP contribution in [0, 0.1) is 0 Å². The second kappa shape index (κ2) is 7.97. The van der Waals surface area contributed by atoms with Crippen molar-refractivity contribution in [1.29, 1.82) is 0 Å². The first kappa shape index (κ1) is 16.5. The van der Waals surface area contributed by atoms with Crippen molar-refractivity contribution in [3.8, 4) is 5.75 Å². The Kier molecular flexibility index (Phi) is 5.49. The Hall–Kier alpha value is -2.33. The Labute approximate surface area is 143 Å². The summed E-state index contributed by atoms with van der Waals surface area (Å²) in [6.07, 6.45) is 2.15. The van der Waals surface area contributed by atoms with Crippen molar-refractivity contribution in [2.75, 3.05) is 20.2 Å². The predicted molar refractivity (Wildman–Crippen MR) is 95.2 cm³/mol. The number of nitrogens with zero attached hydrogens (tertiary/aromatic N) is 1. The number of nitrogens with one attached hydrogen (secondary N) is 1. The maximum atomic E-state index is 12.4. The van der Waals surface area contributed by atoms with Gasteiger partial charge in [0.2, 0.25) is 0 Å². The van der Waals surface area contributed by atoms with Gasteiger partial charge in [-0.15, -0.1) is 0 Å². The first-order valence-corrected chi connectivity index (χ1v) is 8.46. The van der Waals surface area contributed by atoms with Crippen molar-refractivity contribution in [3.63, 3.8) is 0 Å². The molecule has 0 aliphatic carbocycles. The molecular formula is C20H24N2O2. The second-order valence-corrected chi connectivity index (χ2v) is 6.26. The van der Waals surface area contributed by atoms with E-state index in [0.29, 0.717) is 5.56 Å². The number of carbonyl (C=O) groups is 1.